The Hall–Kier alpha value is -2.40. The maximum Gasteiger partial charge on any atom is 0.140 e. The second-order valence-electron chi connectivity index (χ2n) is 5.52. The minimum atomic E-state index is 0.486. The third kappa shape index (κ3) is 2.44. The lowest BCUT2D eigenvalue weighted by Crippen LogP contribution is -2.19. The van der Waals surface area contributed by atoms with Crippen molar-refractivity contribution in [3.8, 4) is 17.1 Å². The molecule has 0 N–H and O–H groups in total. The molecule has 1 saturated heterocycles. The van der Waals surface area contributed by atoms with E-state index in [1.807, 2.05) is 17.0 Å². The van der Waals surface area contributed by atoms with Crippen LogP contribution in [-0.4, -0.2) is 32.3 Å². The highest BCUT2D eigenvalue weighted by atomic mass is 16.5. The highest BCUT2D eigenvalue weighted by Gasteiger charge is 2.18. The minimum Gasteiger partial charge on any atom is -0.381 e. The van der Waals surface area contributed by atoms with Crippen LogP contribution in [0.1, 0.15) is 18.9 Å². The first-order valence-corrected chi connectivity index (χ1v) is 7.61. The largest absolute Gasteiger partial charge is 0.381 e. The van der Waals surface area contributed by atoms with Gasteiger partial charge >= 0.3 is 0 Å². The fourth-order valence-electron chi connectivity index (χ4n) is 2.99. The minimum absolute atomic E-state index is 0.486. The van der Waals surface area contributed by atoms with E-state index in [4.69, 9.17) is 4.74 Å². The summed E-state index contributed by atoms with van der Waals surface area (Å²) in [6, 6.07) is 8.92. The van der Waals surface area contributed by atoms with E-state index < -0.39 is 0 Å². The average molecular weight is 294 g/mol. The zero-order valence-corrected chi connectivity index (χ0v) is 12.3. The van der Waals surface area contributed by atoms with Crippen molar-refractivity contribution >= 4 is 0 Å². The van der Waals surface area contributed by atoms with E-state index in [1.165, 1.54) is 0 Å². The Labute approximate surface area is 129 Å². The van der Waals surface area contributed by atoms with Gasteiger partial charge in [0.2, 0.25) is 0 Å². The van der Waals surface area contributed by atoms with Gasteiger partial charge in [0.05, 0.1) is 6.33 Å². The molecule has 5 heteroatoms. The summed E-state index contributed by atoms with van der Waals surface area (Å²) in [6.45, 7) is 1.67. The van der Waals surface area contributed by atoms with E-state index in [-0.39, 0.29) is 0 Å². The molecule has 1 aromatic carbocycles. The van der Waals surface area contributed by atoms with Crippen molar-refractivity contribution in [2.45, 2.75) is 18.9 Å². The summed E-state index contributed by atoms with van der Waals surface area (Å²) in [5.74, 6) is 1.03. The molecule has 0 aliphatic carbocycles. The Kier molecular flexibility index (Phi) is 3.48. The van der Waals surface area contributed by atoms with Gasteiger partial charge in [-0.1, -0.05) is 0 Å². The van der Waals surface area contributed by atoms with Crippen LogP contribution >= 0.6 is 0 Å². The average Bonchev–Trinajstić information content (AvgIpc) is 3.28. The number of nitrogens with zero attached hydrogens (tertiary/aromatic N) is 4. The quantitative estimate of drug-likeness (QED) is 0.745. The maximum absolute atomic E-state index is 5.46. The van der Waals surface area contributed by atoms with Gasteiger partial charge in [0.25, 0.3) is 0 Å². The highest BCUT2D eigenvalue weighted by Crippen LogP contribution is 2.27. The van der Waals surface area contributed by atoms with Gasteiger partial charge < -0.3 is 13.9 Å². The SMILES string of the molecule is c1cn(-c2ccc(-c3nccn3C3CCOCC3)cc2)cn1. The van der Waals surface area contributed by atoms with Crippen molar-refractivity contribution in [2.75, 3.05) is 13.2 Å². The van der Waals surface area contributed by atoms with Gasteiger partial charge in [-0.2, -0.15) is 0 Å². The lowest BCUT2D eigenvalue weighted by molar-refractivity contribution is 0.0700. The molecule has 3 aromatic rings. The lowest BCUT2D eigenvalue weighted by atomic mass is 10.1. The van der Waals surface area contributed by atoms with Crippen molar-refractivity contribution in [1.29, 1.82) is 0 Å². The van der Waals surface area contributed by atoms with E-state index in [1.54, 1.807) is 12.5 Å². The van der Waals surface area contributed by atoms with E-state index >= 15 is 0 Å². The van der Waals surface area contributed by atoms with E-state index in [9.17, 15) is 0 Å². The molecule has 0 unspecified atom stereocenters. The van der Waals surface area contributed by atoms with Crippen LogP contribution in [0.4, 0.5) is 0 Å². The number of hydrogen-bond donors (Lipinski definition) is 0. The zero-order valence-electron chi connectivity index (χ0n) is 12.3. The summed E-state index contributed by atoms with van der Waals surface area (Å²) in [5.41, 5.74) is 2.24. The first kappa shape index (κ1) is 13.3. The second kappa shape index (κ2) is 5.77. The molecule has 1 fully saturated rings. The molecule has 1 aliphatic heterocycles. The molecule has 1 aliphatic rings. The van der Waals surface area contributed by atoms with Crippen LogP contribution in [0.3, 0.4) is 0 Å². The van der Waals surface area contributed by atoms with Crippen LogP contribution in [0.2, 0.25) is 0 Å². The number of imidazole rings is 2. The first-order chi connectivity index (χ1) is 10.9. The summed E-state index contributed by atoms with van der Waals surface area (Å²) >= 11 is 0. The Bertz CT molecular complexity index is 724. The first-order valence-electron chi connectivity index (χ1n) is 7.61. The van der Waals surface area contributed by atoms with E-state index in [2.05, 4.69) is 45.0 Å². The number of benzene rings is 1. The van der Waals surface area contributed by atoms with Gasteiger partial charge in [0.15, 0.2) is 0 Å². The van der Waals surface area contributed by atoms with Gasteiger partial charge in [-0.3, -0.25) is 0 Å². The highest BCUT2D eigenvalue weighted by molar-refractivity contribution is 5.58. The number of aromatic nitrogens is 4. The molecule has 2 aromatic heterocycles. The lowest BCUT2D eigenvalue weighted by Gasteiger charge is -2.25. The van der Waals surface area contributed by atoms with Crippen LogP contribution in [0, 0.1) is 0 Å². The third-order valence-electron chi connectivity index (χ3n) is 4.18. The van der Waals surface area contributed by atoms with Crippen molar-refractivity contribution in [3.05, 3.63) is 55.4 Å². The van der Waals surface area contributed by atoms with Gasteiger partial charge in [-0.05, 0) is 37.1 Å². The van der Waals surface area contributed by atoms with Gasteiger partial charge in [0.1, 0.15) is 5.82 Å². The van der Waals surface area contributed by atoms with Crippen LogP contribution < -0.4 is 0 Å². The van der Waals surface area contributed by atoms with Crippen molar-refractivity contribution in [2.24, 2.45) is 0 Å². The molecule has 3 heterocycles. The molecule has 0 saturated carbocycles. The van der Waals surface area contributed by atoms with Crippen LogP contribution in [0.5, 0.6) is 0 Å². The molecule has 5 nitrogen and oxygen atoms in total. The fourth-order valence-corrected chi connectivity index (χ4v) is 2.99. The van der Waals surface area contributed by atoms with E-state index in [0.717, 1.165) is 43.1 Å². The Morgan fingerprint density at radius 3 is 2.55 bits per heavy atom. The monoisotopic (exact) mass is 294 g/mol. The van der Waals surface area contributed by atoms with Crippen molar-refractivity contribution in [1.82, 2.24) is 19.1 Å². The third-order valence-corrected chi connectivity index (χ3v) is 4.18. The summed E-state index contributed by atoms with van der Waals surface area (Å²) < 4.78 is 9.74. The van der Waals surface area contributed by atoms with Crippen LogP contribution in [0.25, 0.3) is 17.1 Å². The molecule has 0 radical (unpaired) electrons. The van der Waals surface area contributed by atoms with Gasteiger partial charge in [-0.25, -0.2) is 9.97 Å². The molecule has 0 bridgehead atoms. The van der Waals surface area contributed by atoms with Crippen LogP contribution in [0.15, 0.2) is 55.4 Å². The summed E-state index contributed by atoms with van der Waals surface area (Å²) in [6.07, 6.45) is 11.6. The molecule has 0 atom stereocenters. The predicted molar refractivity (Wildman–Crippen MR) is 83.9 cm³/mol. The topological polar surface area (TPSA) is 44.9 Å². The maximum atomic E-state index is 5.46. The van der Waals surface area contributed by atoms with E-state index in [0.29, 0.717) is 6.04 Å². The fraction of sp³-hybridized carbons (Fsp3) is 0.294. The predicted octanol–water partition coefficient (Wildman–Crippen LogP) is 3.09. The molecule has 112 valence electrons. The molecule has 0 amide bonds. The summed E-state index contributed by atoms with van der Waals surface area (Å²) in [4.78, 5) is 8.64. The Balaban J connectivity index is 1.63. The molecule has 22 heavy (non-hydrogen) atoms. The molecular formula is C17H18N4O. The molecule has 0 spiro atoms. The standard InChI is InChI=1S/C17H18N4O/c1-3-15(20-9-7-18-13-20)4-2-14(1)17-19-8-10-21(17)16-5-11-22-12-6-16/h1-4,7-10,13,16H,5-6,11-12H2. The smallest absolute Gasteiger partial charge is 0.140 e. The van der Waals surface area contributed by atoms with Crippen molar-refractivity contribution < 1.29 is 4.74 Å². The molecular weight excluding hydrogens is 276 g/mol. The molecule has 4 rings (SSSR count). The van der Waals surface area contributed by atoms with Crippen LogP contribution in [-0.2, 0) is 4.74 Å². The number of rotatable bonds is 3. The Morgan fingerprint density at radius 2 is 1.82 bits per heavy atom. The van der Waals surface area contributed by atoms with Crippen molar-refractivity contribution in [3.63, 3.8) is 0 Å². The number of hydrogen-bond acceptors (Lipinski definition) is 3. The summed E-state index contributed by atoms with van der Waals surface area (Å²) in [5, 5.41) is 0. The Morgan fingerprint density at radius 1 is 1.00 bits per heavy atom. The number of ether oxygens (including phenoxy) is 1. The zero-order chi connectivity index (χ0) is 14.8. The van der Waals surface area contributed by atoms with Gasteiger partial charge in [-0.15, -0.1) is 0 Å². The summed E-state index contributed by atoms with van der Waals surface area (Å²) in [7, 11) is 0. The normalized spacial score (nSPS) is 16.0. The van der Waals surface area contributed by atoms with Gasteiger partial charge in [0, 0.05) is 55.3 Å². The second-order valence-corrected chi connectivity index (χ2v) is 5.52.